The van der Waals surface area contributed by atoms with E-state index in [0.29, 0.717) is 13.0 Å². The van der Waals surface area contributed by atoms with E-state index in [9.17, 15) is 9.90 Å². The van der Waals surface area contributed by atoms with Gasteiger partial charge in [-0.1, -0.05) is 12.1 Å². The molecule has 1 saturated heterocycles. The van der Waals surface area contributed by atoms with Crippen LogP contribution in [0.1, 0.15) is 25.3 Å². The highest BCUT2D eigenvalue weighted by Crippen LogP contribution is 2.18. The number of phenolic OH excluding ortho intramolecular Hbond substituents is 1. The van der Waals surface area contributed by atoms with Gasteiger partial charge in [-0.25, -0.2) is 0 Å². The summed E-state index contributed by atoms with van der Waals surface area (Å²) in [5, 5.41) is 12.2. The Balaban J connectivity index is 1.89. The number of nitrogens with two attached hydrogens (primary N) is 1. The second-order valence-corrected chi connectivity index (χ2v) is 5.68. The molecule has 1 aromatic rings. The minimum atomic E-state index is -0.599. The second-order valence-electron chi connectivity index (χ2n) is 5.68. The molecule has 0 aromatic heterocycles. The number of amides is 1. The molecule has 1 aromatic carbocycles. The smallest absolute Gasteiger partial charge is 0.237 e. The number of ether oxygens (including phenoxy) is 1. The molecule has 0 radical (unpaired) electrons. The molecule has 0 aliphatic carbocycles. The number of carbonyl (C=O) groups is 1. The predicted molar refractivity (Wildman–Crippen MR) is 76.4 cm³/mol. The van der Waals surface area contributed by atoms with Crippen molar-refractivity contribution in [3.63, 3.8) is 0 Å². The number of nitrogens with one attached hydrogen (secondary N) is 1. The fraction of sp³-hybridized carbons (Fsp3) is 0.533. The summed E-state index contributed by atoms with van der Waals surface area (Å²) in [6.45, 7) is 3.27. The summed E-state index contributed by atoms with van der Waals surface area (Å²) in [5.41, 5.74) is 6.56. The summed E-state index contributed by atoms with van der Waals surface area (Å²) in [6, 6.07) is 6.13. The molecule has 1 fully saturated rings. The van der Waals surface area contributed by atoms with Crippen LogP contribution in [0.2, 0.25) is 0 Å². The van der Waals surface area contributed by atoms with Crippen molar-refractivity contribution < 1.29 is 14.6 Å². The number of carbonyl (C=O) groups excluding carboxylic acids is 1. The third kappa shape index (κ3) is 3.95. The van der Waals surface area contributed by atoms with Crippen molar-refractivity contribution >= 4 is 5.91 Å². The van der Waals surface area contributed by atoms with Crippen LogP contribution in [-0.2, 0) is 16.0 Å². The molecule has 5 heteroatoms. The highest BCUT2D eigenvalue weighted by atomic mass is 16.5. The summed E-state index contributed by atoms with van der Waals surface area (Å²) in [5.74, 6) is 0.0460. The van der Waals surface area contributed by atoms with Gasteiger partial charge in [0.2, 0.25) is 5.91 Å². The van der Waals surface area contributed by atoms with Crippen molar-refractivity contribution in [1.82, 2.24) is 5.32 Å². The Morgan fingerprint density at radius 3 is 2.80 bits per heavy atom. The minimum Gasteiger partial charge on any atom is -0.508 e. The highest BCUT2D eigenvalue weighted by Gasteiger charge is 2.30. The van der Waals surface area contributed by atoms with Crippen molar-refractivity contribution in [2.45, 2.75) is 37.8 Å². The zero-order chi connectivity index (χ0) is 14.6. The fourth-order valence-corrected chi connectivity index (χ4v) is 2.40. The molecule has 1 aliphatic heterocycles. The van der Waals surface area contributed by atoms with Crippen LogP contribution < -0.4 is 11.1 Å². The molecule has 2 atom stereocenters. The molecule has 5 nitrogen and oxygen atoms in total. The van der Waals surface area contributed by atoms with Gasteiger partial charge in [0.15, 0.2) is 0 Å². The lowest BCUT2D eigenvalue weighted by Crippen LogP contribution is -2.56. The Labute approximate surface area is 119 Å². The van der Waals surface area contributed by atoms with Gasteiger partial charge in [-0.3, -0.25) is 4.79 Å². The van der Waals surface area contributed by atoms with E-state index in [1.165, 1.54) is 0 Å². The van der Waals surface area contributed by atoms with Crippen molar-refractivity contribution in [2.75, 3.05) is 13.2 Å². The first kappa shape index (κ1) is 14.8. The van der Waals surface area contributed by atoms with E-state index in [-0.39, 0.29) is 17.2 Å². The molecule has 110 valence electrons. The fourth-order valence-electron chi connectivity index (χ4n) is 2.40. The molecule has 4 N–H and O–H groups in total. The van der Waals surface area contributed by atoms with Crippen LogP contribution in [0.5, 0.6) is 5.75 Å². The van der Waals surface area contributed by atoms with Crippen molar-refractivity contribution in [3.8, 4) is 5.75 Å². The average Bonchev–Trinajstić information content (AvgIpc) is 2.41. The van der Waals surface area contributed by atoms with Gasteiger partial charge >= 0.3 is 0 Å². The Kier molecular flexibility index (Phi) is 4.62. The normalized spacial score (nSPS) is 24.1. The Bertz CT molecular complexity index is 453. The van der Waals surface area contributed by atoms with Crippen molar-refractivity contribution in [1.29, 1.82) is 0 Å². The lowest BCUT2D eigenvalue weighted by molar-refractivity contribution is -0.125. The zero-order valence-corrected chi connectivity index (χ0v) is 11.8. The lowest BCUT2D eigenvalue weighted by Gasteiger charge is -2.35. The van der Waals surface area contributed by atoms with E-state index in [2.05, 4.69) is 5.32 Å². The van der Waals surface area contributed by atoms with Gasteiger partial charge in [-0.05, 0) is 43.9 Å². The molecule has 0 bridgehead atoms. The van der Waals surface area contributed by atoms with Crippen LogP contribution in [0.15, 0.2) is 24.3 Å². The first-order valence-electron chi connectivity index (χ1n) is 6.92. The van der Waals surface area contributed by atoms with E-state index < -0.39 is 6.04 Å². The Morgan fingerprint density at radius 1 is 1.50 bits per heavy atom. The van der Waals surface area contributed by atoms with Crippen LogP contribution in [-0.4, -0.2) is 35.8 Å². The van der Waals surface area contributed by atoms with Gasteiger partial charge in [0.1, 0.15) is 5.75 Å². The van der Waals surface area contributed by atoms with Crippen molar-refractivity contribution in [2.24, 2.45) is 5.73 Å². The number of phenols is 1. The lowest BCUT2D eigenvalue weighted by atomic mass is 9.94. The molecule has 1 heterocycles. The largest absolute Gasteiger partial charge is 0.508 e. The van der Waals surface area contributed by atoms with Crippen molar-refractivity contribution in [3.05, 3.63) is 29.8 Å². The summed E-state index contributed by atoms with van der Waals surface area (Å²) in [6.07, 6.45) is 2.30. The van der Waals surface area contributed by atoms with E-state index in [4.69, 9.17) is 10.5 Å². The summed E-state index contributed by atoms with van der Waals surface area (Å²) in [4.78, 5) is 12.1. The van der Waals surface area contributed by atoms with E-state index in [1.807, 2.05) is 6.92 Å². The number of rotatable bonds is 4. The standard InChI is InChI=1S/C15H22N2O3/c1-15(7-2-8-20-10-15)17-14(19)13(16)9-11-3-5-12(18)6-4-11/h3-6,13,18H,2,7-10,16H2,1H3,(H,17,19)/t13-,15?/m1/s1. The number of benzene rings is 1. The van der Waals surface area contributed by atoms with Crippen LogP contribution >= 0.6 is 0 Å². The number of aromatic hydroxyl groups is 1. The van der Waals surface area contributed by atoms with E-state index >= 15 is 0 Å². The minimum absolute atomic E-state index is 0.161. The van der Waals surface area contributed by atoms with Gasteiger partial charge in [0.05, 0.1) is 18.2 Å². The first-order valence-corrected chi connectivity index (χ1v) is 6.92. The molecule has 0 spiro atoms. The maximum absolute atomic E-state index is 12.1. The Morgan fingerprint density at radius 2 is 2.20 bits per heavy atom. The zero-order valence-electron chi connectivity index (χ0n) is 11.8. The van der Waals surface area contributed by atoms with E-state index in [1.54, 1.807) is 24.3 Å². The van der Waals surface area contributed by atoms with E-state index in [0.717, 1.165) is 25.0 Å². The quantitative estimate of drug-likeness (QED) is 0.765. The SMILES string of the molecule is CC1(NC(=O)[C@H](N)Cc2ccc(O)cc2)CCCOC1. The van der Waals surface area contributed by atoms with Crippen LogP contribution in [0.25, 0.3) is 0 Å². The maximum Gasteiger partial charge on any atom is 0.237 e. The number of hydrogen-bond acceptors (Lipinski definition) is 4. The predicted octanol–water partition coefficient (Wildman–Crippen LogP) is 0.947. The number of hydrogen-bond donors (Lipinski definition) is 3. The summed E-state index contributed by atoms with van der Waals surface area (Å²) < 4.78 is 5.41. The molecular weight excluding hydrogens is 256 g/mol. The summed E-state index contributed by atoms with van der Waals surface area (Å²) in [7, 11) is 0. The monoisotopic (exact) mass is 278 g/mol. The van der Waals surface area contributed by atoms with Gasteiger partial charge in [-0.2, -0.15) is 0 Å². The summed E-state index contributed by atoms with van der Waals surface area (Å²) >= 11 is 0. The van der Waals surface area contributed by atoms with Gasteiger partial charge in [0, 0.05) is 6.61 Å². The maximum atomic E-state index is 12.1. The molecule has 0 saturated carbocycles. The highest BCUT2D eigenvalue weighted by molar-refractivity contribution is 5.82. The molecule has 1 aliphatic rings. The molecule has 20 heavy (non-hydrogen) atoms. The Hall–Kier alpha value is -1.59. The molecule has 1 amide bonds. The van der Waals surface area contributed by atoms with Gasteiger partial charge in [0.25, 0.3) is 0 Å². The second kappa shape index (κ2) is 6.24. The van der Waals surface area contributed by atoms with Gasteiger partial charge < -0.3 is 20.9 Å². The molecule has 2 rings (SSSR count). The topological polar surface area (TPSA) is 84.6 Å². The van der Waals surface area contributed by atoms with Crippen LogP contribution in [0, 0.1) is 0 Å². The van der Waals surface area contributed by atoms with Crippen LogP contribution in [0.4, 0.5) is 0 Å². The molecular formula is C15H22N2O3. The third-order valence-corrected chi connectivity index (χ3v) is 3.59. The average molecular weight is 278 g/mol. The first-order chi connectivity index (χ1) is 9.48. The van der Waals surface area contributed by atoms with Gasteiger partial charge in [-0.15, -0.1) is 0 Å². The van der Waals surface area contributed by atoms with Crippen LogP contribution in [0.3, 0.4) is 0 Å². The molecule has 1 unspecified atom stereocenters. The third-order valence-electron chi connectivity index (χ3n) is 3.59.